The van der Waals surface area contributed by atoms with Gasteiger partial charge in [0.05, 0.1) is 0 Å². The second kappa shape index (κ2) is 2.06. The number of carbonyl (C=O) groups excluding carboxylic acids is 1. The van der Waals surface area contributed by atoms with E-state index in [9.17, 15) is 4.79 Å². The zero-order chi connectivity index (χ0) is 7.84. The number of primary amides is 1. The van der Waals surface area contributed by atoms with Gasteiger partial charge in [0.15, 0.2) is 4.96 Å². The Morgan fingerprint density at radius 2 is 2.55 bits per heavy atom. The Bertz CT molecular complexity index is 374. The lowest BCUT2D eigenvalue weighted by Crippen LogP contribution is -2.10. The van der Waals surface area contributed by atoms with Crippen molar-refractivity contribution in [1.29, 1.82) is 0 Å². The van der Waals surface area contributed by atoms with Gasteiger partial charge >= 0.3 is 0 Å². The van der Waals surface area contributed by atoms with Gasteiger partial charge in [-0.2, -0.15) is 0 Å². The molecule has 2 aromatic rings. The van der Waals surface area contributed by atoms with Crippen LogP contribution in [0.2, 0.25) is 0 Å². The van der Waals surface area contributed by atoms with Crippen molar-refractivity contribution in [1.82, 2.24) is 9.38 Å². The maximum atomic E-state index is 10.6. The van der Waals surface area contributed by atoms with Crippen LogP contribution in [0, 0.1) is 0 Å². The normalized spacial score (nSPS) is 10.5. The van der Waals surface area contributed by atoms with Crippen LogP contribution in [0.1, 0.15) is 10.5 Å². The Kier molecular flexibility index (Phi) is 1.19. The molecule has 2 aromatic heterocycles. The van der Waals surface area contributed by atoms with Crippen LogP contribution in [0.5, 0.6) is 0 Å². The van der Waals surface area contributed by atoms with Crippen LogP contribution >= 0.6 is 11.3 Å². The largest absolute Gasteiger partial charge is 0.364 e. The number of nitrogens with two attached hydrogens (primary N) is 1. The molecule has 2 heterocycles. The number of imidazole rings is 1. The molecule has 0 radical (unpaired) electrons. The lowest BCUT2D eigenvalue weighted by molar-refractivity contribution is 0.0996. The molecular formula is C6H5N3OS. The van der Waals surface area contributed by atoms with Crippen LogP contribution in [-0.4, -0.2) is 15.3 Å². The quantitative estimate of drug-likeness (QED) is 0.672. The predicted octanol–water partition coefficient (Wildman–Crippen LogP) is 0.495. The highest BCUT2D eigenvalue weighted by Gasteiger charge is 2.05. The van der Waals surface area contributed by atoms with Crippen LogP contribution < -0.4 is 5.73 Å². The summed E-state index contributed by atoms with van der Waals surface area (Å²) in [7, 11) is 0. The third kappa shape index (κ3) is 0.894. The predicted molar refractivity (Wildman–Crippen MR) is 41.6 cm³/mol. The Hall–Kier alpha value is -1.36. The molecule has 2 rings (SSSR count). The summed E-state index contributed by atoms with van der Waals surface area (Å²) in [6, 6.07) is 0. The molecule has 0 aliphatic rings. The van der Waals surface area contributed by atoms with E-state index in [1.54, 1.807) is 10.6 Å². The van der Waals surface area contributed by atoms with Gasteiger partial charge in [0.25, 0.3) is 5.91 Å². The second-order valence-electron chi connectivity index (χ2n) is 2.08. The van der Waals surface area contributed by atoms with Crippen LogP contribution in [0.15, 0.2) is 17.8 Å². The zero-order valence-corrected chi connectivity index (χ0v) is 6.34. The van der Waals surface area contributed by atoms with Crippen molar-refractivity contribution in [2.24, 2.45) is 5.73 Å². The highest BCUT2D eigenvalue weighted by Crippen LogP contribution is 2.10. The lowest BCUT2D eigenvalue weighted by Gasteiger charge is -1.80. The van der Waals surface area contributed by atoms with Crippen molar-refractivity contribution in [3.05, 3.63) is 23.5 Å². The summed E-state index contributed by atoms with van der Waals surface area (Å²) in [6.45, 7) is 0. The van der Waals surface area contributed by atoms with Crippen molar-refractivity contribution in [2.75, 3.05) is 0 Å². The van der Waals surface area contributed by atoms with Gasteiger partial charge in [0.2, 0.25) is 0 Å². The summed E-state index contributed by atoms with van der Waals surface area (Å²) < 4.78 is 1.77. The first-order chi connectivity index (χ1) is 5.27. The Morgan fingerprint density at radius 1 is 1.73 bits per heavy atom. The van der Waals surface area contributed by atoms with Gasteiger partial charge in [-0.05, 0) is 0 Å². The minimum atomic E-state index is -0.485. The fraction of sp³-hybridized carbons (Fsp3) is 0. The second-order valence-corrected chi connectivity index (χ2v) is 2.96. The standard InChI is InChI=1S/C6H5N3OS/c7-5(10)4-3-9-1-2-11-6(9)8-4/h1-3H,(H2,7,10). The van der Waals surface area contributed by atoms with E-state index in [1.165, 1.54) is 11.3 Å². The molecule has 0 aliphatic carbocycles. The number of thiazole rings is 1. The first-order valence-corrected chi connectivity index (χ1v) is 3.87. The summed E-state index contributed by atoms with van der Waals surface area (Å²) in [5, 5.41) is 1.90. The molecule has 56 valence electrons. The molecular weight excluding hydrogens is 162 g/mol. The molecule has 0 fully saturated rings. The number of fused-ring (bicyclic) bond motifs is 1. The average molecular weight is 167 g/mol. The fourth-order valence-corrected chi connectivity index (χ4v) is 1.55. The summed E-state index contributed by atoms with van der Waals surface area (Å²) in [6.07, 6.45) is 3.45. The third-order valence-electron chi connectivity index (χ3n) is 1.35. The fourth-order valence-electron chi connectivity index (χ4n) is 0.846. The molecule has 11 heavy (non-hydrogen) atoms. The van der Waals surface area contributed by atoms with E-state index >= 15 is 0 Å². The molecule has 0 saturated heterocycles. The smallest absolute Gasteiger partial charge is 0.268 e. The van der Waals surface area contributed by atoms with Gasteiger partial charge in [0.1, 0.15) is 5.69 Å². The first kappa shape index (κ1) is 6.36. The molecule has 2 N–H and O–H groups in total. The van der Waals surface area contributed by atoms with Crippen LogP contribution in [-0.2, 0) is 0 Å². The number of carbonyl (C=O) groups is 1. The van der Waals surface area contributed by atoms with E-state index in [1.807, 2.05) is 11.6 Å². The molecule has 0 atom stereocenters. The van der Waals surface area contributed by atoms with Crippen molar-refractivity contribution < 1.29 is 4.79 Å². The van der Waals surface area contributed by atoms with E-state index in [0.717, 1.165) is 4.96 Å². The molecule has 1 amide bonds. The number of amides is 1. The van der Waals surface area contributed by atoms with Crippen molar-refractivity contribution >= 4 is 22.2 Å². The zero-order valence-electron chi connectivity index (χ0n) is 5.52. The molecule has 4 nitrogen and oxygen atoms in total. The molecule has 0 aromatic carbocycles. The highest BCUT2D eigenvalue weighted by atomic mass is 32.1. The number of nitrogens with zero attached hydrogens (tertiary/aromatic N) is 2. The monoisotopic (exact) mass is 167 g/mol. The van der Waals surface area contributed by atoms with E-state index in [-0.39, 0.29) is 0 Å². The SMILES string of the molecule is NC(=O)c1cn2ccsc2n1. The van der Waals surface area contributed by atoms with Crippen LogP contribution in [0.4, 0.5) is 0 Å². The van der Waals surface area contributed by atoms with Gasteiger partial charge in [0, 0.05) is 17.8 Å². The summed E-state index contributed by atoms with van der Waals surface area (Å²) in [5.74, 6) is -0.485. The molecule has 0 saturated carbocycles. The molecule has 0 aliphatic heterocycles. The van der Waals surface area contributed by atoms with E-state index in [2.05, 4.69) is 4.98 Å². The molecule has 0 bridgehead atoms. The third-order valence-corrected chi connectivity index (χ3v) is 2.12. The minimum absolute atomic E-state index is 0.317. The number of hydrogen-bond donors (Lipinski definition) is 1. The Morgan fingerprint density at radius 3 is 3.18 bits per heavy atom. The topological polar surface area (TPSA) is 60.4 Å². The van der Waals surface area contributed by atoms with Gasteiger partial charge < -0.3 is 5.73 Å². The van der Waals surface area contributed by atoms with Crippen molar-refractivity contribution in [2.45, 2.75) is 0 Å². The van der Waals surface area contributed by atoms with E-state index < -0.39 is 5.91 Å². The van der Waals surface area contributed by atoms with Gasteiger partial charge in [-0.25, -0.2) is 4.98 Å². The van der Waals surface area contributed by atoms with Crippen molar-refractivity contribution in [3.8, 4) is 0 Å². The molecule has 0 unspecified atom stereocenters. The Balaban J connectivity index is 2.67. The maximum Gasteiger partial charge on any atom is 0.268 e. The maximum absolute atomic E-state index is 10.6. The van der Waals surface area contributed by atoms with Gasteiger partial charge in [-0.3, -0.25) is 9.20 Å². The summed E-state index contributed by atoms with van der Waals surface area (Å²) in [4.78, 5) is 15.4. The summed E-state index contributed by atoms with van der Waals surface area (Å²) in [5.41, 5.74) is 5.34. The average Bonchev–Trinajstić information content (AvgIpc) is 2.40. The van der Waals surface area contributed by atoms with Crippen LogP contribution in [0.25, 0.3) is 4.96 Å². The molecule has 0 spiro atoms. The molecule has 5 heteroatoms. The summed E-state index contributed by atoms with van der Waals surface area (Å²) >= 11 is 1.47. The lowest BCUT2D eigenvalue weighted by atomic mass is 10.5. The van der Waals surface area contributed by atoms with Crippen molar-refractivity contribution in [3.63, 3.8) is 0 Å². The number of hydrogen-bond acceptors (Lipinski definition) is 3. The highest BCUT2D eigenvalue weighted by molar-refractivity contribution is 7.15. The minimum Gasteiger partial charge on any atom is -0.364 e. The van der Waals surface area contributed by atoms with E-state index in [4.69, 9.17) is 5.73 Å². The van der Waals surface area contributed by atoms with Gasteiger partial charge in [-0.15, -0.1) is 11.3 Å². The van der Waals surface area contributed by atoms with Crippen LogP contribution in [0.3, 0.4) is 0 Å². The van der Waals surface area contributed by atoms with Gasteiger partial charge in [-0.1, -0.05) is 0 Å². The number of rotatable bonds is 1. The van der Waals surface area contributed by atoms with E-state index in [0.29, 0.717) is 5.69 Å². The first-order valence-electron chi connectivity index (χ1n) is 2.99. The Labute approximate surface area is 66.3 Å². The number of aromatic nitrogens is 2.